The van der Waals surface area contributed by atoms with Gasteiger partial charge in [0.15, 0.2) is 0 Å². The monoisotopic (exact) mass is 263 g/mol. The van der Waals surface area contributed by atoms with Crippen molar-refractivity contribution in [2.24, 2.45) is 0 Å². The molecular weight excluding hydrogens is 242 g/mol. The number of carbonyl (C=O) groups is 2. The highest BCUT2D eigenvalue weighted by Crippen LogP contribution is 2.08. The summed E-state index contributed by atoms with van der Waals surface area (Å²) in [7, 11) is 1.70. The van der Waals surface area contributed by atoms with Crippen molar-refractivity contribution < 1.29 is 14.3 Å². The number of carbonyl (C=O) groups excluding carboxylic acids is 2. The molecule has 19 heavy (non-hydrogen) atoms. The summed E-state index contributed by atoms with van der Waals surface area (Å²) in [6, 6.07) is 10.1. The molecule has 1 aliphatic heterocycles. The average Bonchev–Trinajstić information content (AvgIpc) is 2.44. The summed E-state index contributed by atoms with van der Waals surface area (Å²) in [5, 5.41) is 0. The number of amides is 1. The molecule has 4 nitrogen and oxygen atoms in total. The third-order valence-electron chi connectivity index (χ3n) is 2.87. The van der Waals surface area contributed by atoms with Crippen LogP contribution in [-0.2, 0) is 20.9 Å². The lowest BCUT2D eigenvalue weighted by Gasteiger charge is -2.24. The maximum atomic E-state index is 11.0. The molecule has 0 aliphatic carbocycles. The molecular formula is C15H21NO3. The van der Waals surface area contributed by atoms with Gasteiger partial charge in [-0.3, -0.25) is 4.79 Å². The standard InChI is InChI=1S/C8H10O.C7H11NO2/c1-9-7-8-5-3-2-4-6-8;9-6-5-8-4-2-1-3-7(8)10/h2-6H,7H2,1H3;6H,1-5H2. The Morgan fingerprint density at radius 1 is 1.26 bits per heavy atom. The molecule has 1 aliphatic rings. The summed E-state index contributed by atoms with van der Waals surface area (Å²) in [5.74, 6) is 0.123. The van der Waals surface area contributed by atoms with Crippen LogP contribution in [0, 0.1) is 0 Å². The summed E-state index contributed by atoms with van der Waals surface area (Å²) >= 11 is 0. The number of hydrogen-bond acceptors (Lipinski definition) is 3. The van der Waals surface area contributed by atoms with E-state index in [1.54, 1.807) is 12.0 Å². The zero-order valence-electron chi connectivity index (χ0n) is 11.4. The molecule has 4 heteroatoms. The highest BCUT2D eigenvalue weighted by Gasteiger charge is 2.16. The van der Waals surface area contributed by atoms with E-state index in [0.29, 0.717) is 13.0 Å². The van der Waals surface area contributed by atoms with E-state index in [2.05, 4.69) is 0 Å². The Morgan fingerprint density at radius 2 is 2.00 bits per heavy atom. The van der Waals surface area contributed by atoms with Crippen LogP contribution in [0.1, 0.15) is 24.8 Å². The second kappa shape index (κ2) is 9.28. The molecule has 0 atom stereocenters. The number of hydrogen-bond donors (Lipinski definition) is 0. The Kier molecular flexibility index (Phi) is 7.51. The Labute approximate surface area is 114 Å². The molecule has 0 radical (unpaired) electrons. The van der Waals surface area contributed by atoms with Gasteiger partial charge in [-0.1, -0.05) is 30.3 Å². The predicted molar refractivity (Wildman–Crippen MR) is 73.7 cm³/mol. The van der Waals surface area contributed by atoms with Gasteiger partial charge in [0.1, 0.15) is 6.29 Å². The highest BCUT2D eigenvalue weighted by atomic mass is 16.5. The van der Waals surface area contributed by atoms with E-state index in [9.17, 15) is 9.59 Å². The van der Waals surface area contributed by atoms with Gasteiger partial charge in [0.05, 0.1) is 13.2 Å². The molecule has 1 aromatic rings. The number of piperidine rings is 1. The number of likely N-dealkylation sites (tertiary alicyclic amines) is 1. The maximum absolute atomic E-state index is 11.0. The van der Waals surface area contributed by atoms with Crippen molar-refractivity contribution in [2.75, 3.05) is 20.2 Å². The molecule has 1 saturated heterocycles. The van der Waals surface area contributed by atoms with Gasteiger partial charge in [0, 0.05) is 20.1 Å². The third-order valence-corrected chi connectivity index (χ3v) is 2.87. The Bertz CT molecular complexity index is 378. The fourth-order valence-corrected chi connectivity index (χ4v) is 1.89. The second-order valence-corrected chi connectivity index (χ2v) is 4.38. The van der Waals surface area contributed by atoms with Gasteiger partial charge < -0.3 is 14.4 Å². The van der Waals surface area contributed by atoms with Gasteiger partial charge in [-0.15, -0.1) is 0 Å². The van der Waals surface area contributed by atoms with Crippen LogP contribution in [-0.4, -0.2) is 37.3 Å². The minimum atomic E-state index is 0.123. The smallest absolute Gasteiger partial charge is 0.222 e. The van der Waals surface area contributed by atoms with E-state index in [4.69, 9.17) is 4.74 Å². The van der Waals surface area contributed by atoms with E-state index in [1.807, 2.05) is 30.3 Å². The third kappa shape index (κ3) is 6.15. The number of aldehydes is 1. The van der Waals surface area contributed by atoms with Crippen molar-refractivity contribution in [2.45, 2.75) is 25.9 Å². The molecule has 0 saturated carbocycles. The zero-order chi connectivity index (χ0) is 13.9. The normalized spacial score (nSPS) is 14.6. The van der Waals surface area contributed by atoms with Crippen LogP contribution >= 0.6 is 0 Å². The molecule has 0 spiro atoms. The lowest BCUT2D eigenvalue weighted by Crippen LogP contribution is -2.36. The minimum absolute atomic E-state index is 0.123. The van der Waals surface area contributed by atoms with E-state index in [1.165, 1.54) is 5.56 Å². The van der Waals surface area contributed by atoms with Crippen LogP contribution in [0.5, 0.6) is 0 Å². The molecule has 0 aromatic heterocycles. The first-order valence-electron chi connectivity index (χ1n) is 6.52. The van der Waals surface area contributed by atoms with Crippen LogP contribution in [0.25, 0.3) is 0 Å². The van der Waals surface area contributed by atoms with Gasteiger partial charge in [-0.2, -0.15) is 0 Å². The topological polar surface area (TPSA) is 46.6 Å². The fraction of sp³-hybridized carbons (Fsp3) is 0.467. The van der Waals surface area contributed by atoms with Crippen LogP contribution < -0.4 is 0 Å². The van der Waals surface area contributed by atoms with Gasteiger partial charge in [-0.05, 0) is 18.4 Å². The first kappa shape index (κ1) is 15.4. The predicted octanol–water partition coefficient (Wildman–Crippen LogP) is 2.03. The second-order valence-electron chi connectivity index (χ2n) is 4.38. The minimum Gasteiger partial charge on any atom is -0.380 e. The van der Waals surface area contributed by atoms with Crippen molar-refractivity contribution in [3.8, 4) is 0 Å². The largest absolute Gasteiger partial charge is 0.380 e. The lowest BCUT2D eigenvalue weighted by molar-refractivity contribution is -0.135. The van der Waals surface area contributed by atoms with Crippen LogP contribution in [0.2, 0.25) is 0 Å². The van der Waals surface area contributed by atoms with Crippen molar-refractivity contribution >= 4 is 12.2 Å². The summed E-state index contributed by atoms with van der Waals surface area (Å²) in [5.41, 5.74) is 1.22. The Balaban J connectivity index is 0.000000191. The molecule has 0 bridgehead atoms. The fourth-order valence-electron chi connectivity index (χ4n) is 1.89. The first-order valence-corrected chi connectivity index (χ1v) is 6.52. The Morgan fingerprint density at radius 3 is 2.58 bits per heavy atom. The number of ether oxygens (including phenoxy) is 1. The van der Waals surface area contributed by atoms with Gasteiger partial charge in [0.25, 0.3) is 0 Å². The SMILES string of the molecule is COCc1ccccc1.O=CCN1CCCCC1=O. The van der Waals surface area contributed by atoms with Crippen LogP contribution in [0.3, 0.4) is 0 Å². The highest BCUT2D eigenvalue weighted by molar-refractivity contribution is 5.79. The van der Waals surface area contributed by atoms with Crippen molar-refractivity contribution in [3.63, 3.8) is 0 Å². The molecule has 1 aromatic carbocycles. The van der Waals surface area contributed by atoms with E-state index in [0.717, 1.165) is 25.7 Å². The molecule has 1 heterocycles. The molecule has 0 unspecified atom stereocenters. The first-order chi connectivity index (χ1) is 9.27. The van der Waals surface area contributed by atoms with Crippen LogP contribution in [0.4, 0.5) is 0 Å². The maximum Gasteiger partial charge on any atom is 0.222 e. The summed E-state index contributed by atoms with van der Waals surface area (Å²) in [4.78, 5) is 22.6. The van der Waals surface area contributed by atoms with Crippen LogP contribution in [0.15, 0.2) is 30.3 Å². The lowest BCUT2D eigenvalue weighted by atomic mass is 10.1. The molecule has 0 N–H and O–H groups in total. The van der Waals surface area contributed by atoms with Crippen molar-refractivity contribution in [1.82, 2.24) is 4.90 Å². The molecule has 104 valence electrons. The Hall–Kier alpha value is -1.68. The summed E-state index contributed by atoms with van der Waals surface area (Å²) < 4.78 is 4.93. The number of nitrogens with zero attached hydrogens (tertiary/aromatic N) is 1. The van der Waals surface area contributed by atoms with Gasteiger partial charge >= 0.3 is 0 Å². The number of benzene rings is 1. The number of methoxy groups -OCH3 is 1. The van der Waals surface area contributed by atoms with Gasteiger partial charge in [0.2, 0.25) is 5.91 Å². The van der Waals surface area contributed by atoms with E-state index in [-0.39, 0.29) is 12.5 Å². The number of rotatable bonds is 4. The average molecular weight is 263 g/mol. The molecule has 2 rings (SSSR count). The van der Waals surface area contributed by atoms with E-state index >= 15 is 0 Å². The molecule has 1 amide bonds. The molecule has 1 fully saturated rings. The van der Waals surface area contributed by atoms with Crippen molar-refractivity contribution in [1.29, 1.82) is 0 Å². The quantitative estimate of drug-likeness (QED) is 0.781. The summed E-state index contributed by atoms with van der Waals surface area (Å²) in [6.45, 7) is 1.75. The zero-order valence-corrected chi connectivity index (χ0v) is 11.4. The van der Waals surface area contributed by atoms with Gasteiger partial charge in [-0.25, -0.2) is 0 Å². The van der Waals surface area contributed by atoms with Crippen molar-refractivity contribution in [3.05, 3.63) is 35.9 Å². The van der Waals surface area contributed by atoms with E-state index < -0.39 is 0 Å². The summed E-state index contributed by atoms with van der Waals surface area (Å²) in [6.07, 6.45) is 3.42.